The van der Waals surface area contributed by atoms with E-state index in [1.807, 2.05) is 57.2 Å². The van der Waals surface area contributed by atoms with Crippen molar-refractivity contribution in [2.45, 2.75) is 33.6 Å². The number of aryl methyl sites for hydroxylation is 3. The van der Waals surface area contributed by atoms with E-state index in [-0.39, 0.29) is 6.03 Å². The molecule has 2 amide bonds. The van der Waals surface area contributed by atoms with Crippen molar-refractivity contribution < 1.29 is 4.79 Å². The zero-order valence-corrected chi connectivity index (χ0v) is 14.5. The summed E-state index contributed by atoms with van der Waals surface area (Å²) in [5.74, 6) is 0.838. The number of nitrogens with zero attached hydrogens (tertiary/aromatic N) is 2. The minimum Gasteiger partial charge on any atom is -0.307 e. The van der Waals surface area contributed by atoms with Gasteiger partial charge in [0, 0.05) is 18.7 Å². The van der Waals surface area contributed by atoms with Crippen molar-refractivity contribution in [3.63, 3.8) is 0 Å². The molecule has 0 radical (unpaired) electrons. The molecule has 2 aromatic rings. The van der Waals surface area contributed by atoms with Gasteiger partial charge < -0.3 is 5.32 Å². The number of hydrogen-bond acceptors (Lipinski definition) is 2. The number of rotatable bonds is 2. The van der Waals surface area contributed by atoms with Gasteiger partial charge in [0.15, 0.2) is 0 Å². The maximum Gasteiger partial charge on any atom is 0.331 e. The fourth-order valence-corrected chi connectivity index (χ4v) is 3.07. The number of carbonyl (C=O) groups excluding carboxylic acids is 1. The van der Waals surface area contributed by atoms with E-state index in [1.165, 1.54) is 0 Å². The molecule has 0 spiro atoms. The van der Waals surface area contributed by atoms with Gasteiger partial charge in [-0.2, -0.15) is 0 Å². The number of amidine groups is 1. The zero-order chi connectivity index (χ0) is 17.1. The first-order valence-electron chi connectivity index (χ1n) is 8.32. The predicted octanol–water partition coefficient (Wildman–Crippen LogP) is 4.84. The van der Waals surface area contributed by atoms with Crippen molar-refractivity contribution in [3.05, 3.63) is 59.2 Å². The van der Waals surface area contributed by atoms with Crippen molar-refractivity contribution in [2.24, 2.45) is 4.99 Å². The summed E-state index contributed by atoms with van der Waals surface area (Å²) >= 11 is 0. The quantitative estimate of drug-likeness (QED) is 0.845. The van der Waals surface area contributed by atoms with Crippen LogP contribution in [0.5, 0.6) is 0 Å². The van der Waals surface area contributed by atoms with Crippen molar-refractivity contribution in [1.29, 1.82) is 0 Å². The van der Waals surface area contributed by atoms with Gasteiger partial charge in [0.25, 0.3) is 0 Å². The molecule has 1 heterocycles. The molecule has 4 nitrogen and oxygen atoms in total. The zero-order valence-electron chi connectivity index (χ0n) is 14.5. The van der Waals surface area contributed by atoms with Crippen molar-refractivity contribution >= 4 is 23.2 Å². The lowest BCUT2D eigenvalue weighted by atomic mass is 10.1. The van der Waals surface area contributed by atoms with Crippen LogP contribution in [-0.2, 0) is 0 Å². The van der Waals surface area contributed by atoms with Gasteiger partial charge in [-0.05, 0) is 68.1 Å². The monoisotopic (exact) mass is 321 g/mol. The van der Waals surface area contributed by atoms with E-state index < -0.39 is 0 Å². The van der Waals surface area contributed by atoms with Crippen molar-refractivity contribution in [3.8, 4) is 0 Å². The molecule has 124 valence electrons. The van der Waals surface area contributed by atoms with Crippen LogP contribution in [0, 0.1) is 20.8 Å². The molecule has 1 aliphatic rings. The molecule has 0 aromatic heterocycles. The molecule has 24 heavy (non-hydrogen) atoms. The fourth-order valence-electron chi connectivity index (χ4n) is 3.07. The fraction of sp³-hybridized carbons (Fsp3) is 0.300. The number of amides is 2. The smallest absolute Gasteiger partial charge is 0.307 e. The second-order valence-corrected chi connectivity index (χ2v) is 6.38. The summed E-state index contributed by atoms with van der Waals surface area (Å²) in [6.45, 7) is 6.89. The van der Waals surface area contributed by atoms with E-state index in [4.69, 9.17) is 0 Å². The van der Waals surface area contributed by atoms with Gasteiger partial charge in [-0.3, -0.25) is 9.89 Å². The highest BCUT2D eigenvalue weighted by atomic mass is 16.2. The molecule has 2 aromatic carbocycles. The van der Waals surface area contributed by atoms with Gasteiger partial charge in [-0.1, -0.05) is 18.2 Å². The SMILES string of the molecule is Cc1cccc(NC(=O)N(C2=NCCC2)c2cc(C)cc(C)c2)c1. The largest absolute Gasteiger partial charge is 0.331 e. The molecule has 1 aliphatic heterocycles. The third kappa shape index (κ3) is 3.65. The van der Waals surface area contributed by atoms with E-state index in [0.29, 0.717) is 0 Å². The van der Waals surface area contributed by atoms with Crippen molar-refractivity contribution in [2.75, 3.05) is 16.8 Å². The van der Waals surface area contributed by atoms with Crippen LogP contribution in [0.1, 0.15) is 29.5 Å². The van der Waals surface area contributed by atoms with Crippen LogP contribution in [-0.4, -0.2) is 18.4 Å². The van der Waals surface area contributed by atoms with Gasteiger partial charge in [-0.25, -0.2) is 4.79 Å². The Morgan fingerprint density at radius 3 is 2.42 bits per heavy atom. The van der Waals surface area contributed by atoms with Crippen LogP contribution >= 0.6 is 0 Å². The van der Waals surface area contributed by atoms with E-state index >= 15 is 0 Å². The van der Waals surface area contributed by atoms with Gasteiger partial charge >= 0.3 is 6.03 Å². The number of nitrogens with one attached hydrogen (secondary N) is 1. The Morgan fingerprint density at radius 2 is 1.79 bits per heavy atom. The lowest BCUT2D eigenvalue weighted by Gasteiger charge is -2.24. The summed E-state index contributed by atoms with van der Waals surface area (Å²) in [5, 5.41) is 3.00. The lowest BCUT2D eigenvalue weighted by Crippen LogP contribution is -2.39. The van der Waals surface area contributed by atoms with E-state index in [1.54, 1.807) is 4.90 Å². The highest BCUT2D eigenvalue weighted by molar-refractivity contribution is 6.20. The average molecular weight is 321 g/mol. The molecular weight excluding hydrogens is 298 g/mol. The maximum absolute atomic E-state index is 13.0. The third-order valence-electron chi connectivity index (χ3n) is 4.05. The summed E-state index contributed by atoms with van der Waals surface area (Å²) in [6.07, 6.45) is 1.82. The number of aliphatic imine (C=N–C) groups is 1. The second kappa shape index (κ2) is 6.87. The Hall–Kier alpha value is -2.62. The molecule has 0 unspecified atom stereocenters. The van der Waals surface area contributed by atoms with Gasteiger partial charge in [0.05, 0.1) is 5.69 Å². The molecule has 0 atom stereocenters. The average Bonchev–Trinajstić information content (AvgIpc) is 3.00. The highest BCUT2D eigenvalue weighted by Crippen LogP contribution is 2.24. The van der Waals surface area contributed by atoms with Gasteiger partial charge in [0.1, 0.15) is 5.84 Å². The number of hydrogen-bond donors (Lipinski definition) is 1. The van der Waals surface area contributed by atoms with E-state index in [9.17, 15) is 4.79 Å². The predicted molar refractivity (Wildman–Crippen MR) is 100 cm³/mol. The standard InChI is InChI=1S/C20H23N3O/c1-14-6-4-7-17(11-14)22-20(24)23(19-8-5-9-21-19)18-12-15(2)10-16(3)13-18/h4,6-7,10-13H,5,8-9H2,1-3H3,(H,22,24). The van der Waals surface area contributed by atoms with Crippen LogP contribution in [0.25, 0.3) is 0 Å². The topological polar surface area (TPSA) is 44.7 Å². The van der Waals surface area contributed by atoms with Crippen LogP contribution in [0.2, 0.25) is 0 Å². The Balaban J connectivity index is 1.94. The number of carbonyl (C=O) groups is 1. The number of benzene rings is 2. The summed E-state index contributed by atoms with van der Waals surface area (Å²) in [4.78, 5) is 19.2. The molecule has 1 N–H and O–H groups in total. The summed E-state index contributed by atoms with van der Waals surface area (Å²) in [5.41, 5.74) is 5.06. The first kappa shape index (κ1) is 16.2. The molecule has 0 fully saturated rings. The lowest BCUT2D eigenvalue weighted by molar-refractivity contribution is 0.259. The Bertz CT molecular complexity index is 775. The first-order valence-corrected chi connectivity index (χ1v) is 8.32. The van der Waals surface area contributed by atoms with E-state index in [0.717, 1.165) is 53.3 Å². The molecule has 0 saturated carbocycles. The normalized spacial score (nSPS) is 13.5. The molecule has 4 heteroatoms. The summed E-state index contributed by atoms with van der Waals surface area (Å²) in [7, 11) is 0. The maximum atomic E-state index is 13.0. The first-order chi connectivity index (χ1) is 11.5. The van der Waals surface area contributed by atoms with Crippen LogP contribution in [0.4, 0.5) is 16.2 Å². The molecule has 0 bridgehead atoms. The summed E-state index contributed by atoms with van der Waals surface area (Å²) in [6, 6.07) is 13.8. The Morgan fingerprint density at radius 1 is 1.04 bits per heavy atom. The van der Waals surface area contributed by atoms with Crippen LogP contribution < -0.4 is 10.2 Å². The molecule has 0 aliphatic carbocycles. The van der Waals surface area contributed by atoms with Crippen LogP contribution in [0.15, 0.2) is 47.5 Å². The van der Waals surface area contributed by atoms with Gasteiger partial charge in [-0.15, -0.1) is 0 Å². The summed E-state index contributed by atoms with van der Waals surface area (Å²) < 4.78 is 0. The minimum atomic E-state index is -0.161. The molecule has 3 rings (SSSR count). The minimum absolute atomic E-state index is 0.161. The number of urea groups is 1. The second-order valence-electron chi connectivity index (χ2n) is 6.38. The molecule has 0 saturated heterocycles. The Kier molecular flexibility index (Phi) is 4.65. The third-order valence-corrected chi connectivity index (χ3v) is 4.05. The number of anilines is 2. The highest BCUT2D eigenvalue weighted by Gasteiger charge is 2.24. The Labute approximate surface area is 143 Å². The van der Waals surface area contributed by atoms with Gasteiger partial charge in [0.2, 0.25) is 0 Å². The van der Waals surface area contributed by atoms with E-state index in [2.05, 4.69) is 16.4 Å². The molecular formula is C20H23N3O. The van der Waals surface area contributed by atoms with Crippen LogP contribution in [0.3, 0.4) is 0 Å². The van der Waals surface area contributed by atoms with Crippen molar-refractivity contribution in [1.82, 2.24) is 0 Å².